The highest BCUT2D eigenvalue weighted by Crippen LogP contribution is 2.30. The summed E-state index contributed by atoms with van der Waals surface area (Å²) in [6.07, 6.45) is 0. The fraction of sp³-hybridized carbons (Fsp3) is 0.133. The van der Waals surface area contributed by atoms with E-state index in [4.69, 9.17) is 21.7 Å². The molecule has 0 atom stereocenters. The monoisotopic (exact) mass is 286 g/mol. The third-order valence-electron chi connectivity index (χ3n) is 3.23. The van der Waals surface area contributed by atoms with E-state index in [0.717, 1.165) is 28.2 Å². The molecule has 102 valence electrons. The van der Waals surface area contributed by atoms with Gasteiger partial charge in [-0.1, -0.05) is 18.2 Å². The van der Waals surface area contributed by atoms with Crippen LogP contribution in [-0.2, 0) is 0 Å². The van der Waals surface area contributed by atoms with Crippen molar-refractivity contribution in [1.29, 1.82) is 0 Å². The van der Waals surface area contributed by atoms with E-state index in [1.54, 1.807) is 14.2 Å². The van der Waals surface area contributed by atoms with Crippen LogP contribution in [0.3, 0.4) is 0 Å². The zero-order valence-electron chi connectivity index (χ0n) is 11.2. The Hall–Kier alpha value is -2.27. The summed E-state index contributed by atoms with van der Waals surface area (Å²) in [5, 5.41) is 0. The van der Waals surface area contributed by atoms with Crippen molar-refractivity contribution in [2.45, 2.75) is 0 Å². The number of imidazole rings is 1. The van der Waals surface area contributed by atoms with Crippen LogP contribution in [0.15, 0.2) is 42.5 Å². The number of fused-ring (bicyclic) bond motifs is 1. The second-order valence-corrected chi connectivity index (χ2v) is 4.68. The maximum atomic E-state index is 5.45. The van der Waals surface area contributed by atoms with Crippen LogP contribution in [0.25, 0.3) is 16.7 Å². The topological polar surface area (TPSA) is 39.2 Å². The van der Waals surface area contributed by atoms with Gasteiger partial charge in [0.2, 0.25) is 0 Å². The molecule has 0 aliphatic rings. The molecule has 1 heterocycles. The van der Waals surface area contributed by atoms with E-state index in [-0.39, 0.29) is 0 Å². The number of aromatic nitrogens is 2. The van der Waals surface area contributed by atoms with Gasteiger partial charge in [0.1, 0.15) is 17.0 Å². The van der Waals surface area contributed by atoms with Crippen molar-refractivity contribution < 1.29 is 9.47 Å². The Kier molecular flexibility index (Phi) is 3.20. The number of aromatic amines is 1. The lowest BCUT2D eigenvalue weighted by atomic mass is 10.2. The van der Waals surface area contributed by atoms with Crippen molar-refractivity contribution in [3.05, 3.63) is 47.2 Å². The largest absolute Gasteiger partial charge is 0.495 e. The van der Waals surface area contributed by atoms with Crippen molar-refractivity contribution in [3.8, 4) is 17.2 Å². The van der Waals surface area contributed by atoms with Gasteiger partial charge in [-0.3, -0.25) is 4.57 Å². The third-order valence-corrected chi connectivity index (χ3v) is 3.51. The molecule has 0 radical (unpaired) electrons. The van der Waals surface area contributed by atoms with E-state index < -0.39 is 0 Å². The van der Waals surface area contributed by atoms with Crippen molar-refractivity contribution in [2.24, 2.45) is 0 Å². The summed E-state index contributed by atoms with van der Waals surface area (Å²) >= 11 is 5.45. The molecule has 1 N–H and O–H groups in total. The Morgan fingerprint density at radius 2 is 1.65 bits per heavy atom. The van der Waals surface area contributed by atoms with E-state index in [2.05, 4.69) is 4.98 Å². The van der Waals surface area contributed by atoms with E-state index in [9.17, 15) is 0 Å². The number of rotatable bonds is 3. The van der Waals surface area contributed by atoms with E-state index in [1.807, 2.05) is 47.0 Å². The highest BCUT2D eigenvalue weighted by Gasteiger charge is 2.12. The van der Waals surface area contributed by atoms with Crippen LogP contribution >= 0.6 is 12.2 Å². The number of ether oxygens (including phenoxy) is 2. The first-order valence-electron chi connectivity index (χ1n) is 6.17. The fourth-order valence-corrected chi connectivity index (χ4v) is 2.63. The Bertz CT molecular complexity index is 820. The molecule has 5 heteroatoms. The Labute approximate surface area is 121 Å². The molecule has 0 saturated heterocycles. The highest BCUT2D eigenvalue weighted by molar-refractivity contribution is 7.71. The summed E-state index contributed by atoms with van der Waals surface area (Å²) in [7, 11) is 3.30. The molecule has 0 saturated carbocycles. The average molecular weight is 286 g/mol. The molecule has 0 bridgehead atoms. The van der Waals surface area contributed by atoms with E-state index in [0.29, 0.717) is 4.77 Å². The van der Waals surface area contributed by atoms with Crippen LogP contribution in [0, 0.1) is 4.77 Å². The number of benzene rings is 2. The van der Waals surface area contributed by atoms with Gasteiger partial charge in [0.05, 0.1) is 25.4 Å². The number of nitrogens with zero attached hydrogens (tertiary/aromatic N) is 1. The summed E-state index contributed by atoms with van der Waals surface area (Å²) in [4.78, 5) is 3.19. The fourth-order valence-electron chi connectivity index (χ4n) is 2.33. The van der Waals surface area contributed by atoms with Crippen LogP contribution in [0.5, 0.6) is 11.5 Å². The third kappa shape index (κ3) is 1.87. The first kappa shape index (κ1) is 12.7. The van der Waals surface area contributed by atoms with Gasteiger partial charge in [-0.2, -0.15) is 0 Å². The van der Waals surface area contributed by atoms with Crippen molar-refractivity contribution in [3.63, 3.8) is 0 Å². The molecule has 0 aliphatic heterocycles. The van der Waals surface area contributed by atoms with Gasteiger partial charge >= 0.3 is 0 Å². The van der Waals surface area contributed by atoms with Crippen molar-refractivity contribution in [1.82, 2.24) is 9.55 Å². The second kappa shape index (κ2) is 5.02. The molecular formula is C15H14N2O2S. The quantitative estimate of drug-likeness (QED) is 0.746. The molecule has 0 fully saturated rings. The number of nitrogens with one attached hydrogen (secondary N) is 1. The first-order chi connectivity index (χ1) is 9.76. The summed E-state index contributed by atoms with van der Waals surface area (Å²) in [5.41, 5.74) is 2.74. The standard InChI is InChI=1S/C15H14N2O2S/c1-18-12-8-4-3-6-10(12)17-11-7-5-9-13(19-2)14(11)16-15(17)20/h3-9H,1-2H3,(H,16,20). The van der Waals surface area contributed by atoms with Gasteiger partial charge in [0.25, 0.3) is 0 Å². The molecule has 4 nitrogen and oxygen atoms in total. The molecule has 0 unspecified atom stereocenters. The average Bonchev–Trinajstić information content (AvgIpc) is 2.82. The number of H-pyrrole nitrogens is 1. The molecule has 20 heavy (non-hydrogen) atoms. The minimum absolute atomic E-state index is 0.606. The van der Waals surface area contributed by atoms with Gasteiger partial charge in [-0.05, 0) is 36.5 Å². The lowest BCUT2D eigenvalue weighted by Gasteiger charge is -2.10. The molecule has 1 aromatic heterocycles. The Balaban J connectivity index is 2.37. The predicted molar refractivity (Wildman–Crippen MR) is 81.6 cm³/mol. The minimum atomic E-state index is 0.606. The first-order valence-corrected chi connectivity index (χ1v) is 6.58. The normalized spacial score (nSPS) is 10.7. The Morgan fingerprint density at radius 1 is 0.950 bits per heavy atom. The summed E-state index contributed by atoms with van der Waals surface area (Å²) in [5.74, 6) is 1.54. The van der Waals surface area contributed by atoms with Crippen LogP contribution in [0.1, 0.15) is 0 Å². The second-order valence-electron chi connectivity index (χ2n) is 4.29. The van der Waals surface area contributed by atoms with Gasteiger partial charge in [0.15, 0.2) is 4.77 Å². The smallest absolute Gasteiger partial charge is 0.182 e. The maximum Gasteiger partial charge on any atom is 0.182 e. The van der Waals surface area contributed by atoms with E-state index >= 15 is 0 Å². The molecule has 0 spiro atoms. The van der Waals surface area contributed by atoms with Gasteiger partial charge in [0, 0.05) is 0 Å². The zero-order valence-corrected chi connectivity index (χ0v) is 12.0. The summed E-state index contributed by atoms with van der Waals surface area (Å²) in [6, 6.07) is 13.6. The maximum absolute atomic E-state index is 5.45. The van der Waals surface area contributed by atoms with Crippen LogP contribution in [-0.4, -0.2) is 23.8 Å². The lowest BCUT2D eigenvalue weighted by molar-refractivity contribution is 0.413. The number of para-hydroxylation sites is 3. The summed E-state index contributed by atoms with van der Waals surface area (Å²) < 4.78 is 13.3. The van der Waals surface area contributed by atoms with Crippen LogP contribution in [0.4, 0.5) is 0 Å². The van der Waals surface area contributed by atoms with Gasteiger partial charge in [-0.25, -0.2) is 0 Å². The number of methoxy groups -OCH3 is 2. The SMILES string of the molecule is COc1ccccc1-n1c(=S)[nH]c2c(OC)cccc21. The minimum Gasteiger partial charge on any atom is -0.495 e. The molecule has 0 aliphatic carbocycles. The zero-order chi connectivity index (χ0) is 14.1. The lowest BCUT2D eigenvalue weighted by Crippen LogP contribution is -1.97. The molecule has 3 aromatic rings. The van der Waals surface area contributed by atoms with E-state index in [1.165, 1.54) is 0 Å². The highest BCUT2D eigenvalue weighted by atomic mass is 32.1. The molecular weight excluding hydrogens is 272 g/mol. The van der Waals surface area contributed by atoms with Crippen LogP contribution < -0.4 is 9.47 Å². The molecule has 0 amide bonds. The van der Waals surface area contributed by atoms with Gasteiger partial charge < -0.3 is 14.5 Å². The predicted octanol–water partition coefficient (Wildman–Crippen LogP) is 3.71. The van der Waals surface area contributed by atoms with Crippen LogP contribution in [0.2, 0.25) is 0 Å². The van der Waals surface area contributed by atoms with Crippen molar-refractivity contribution >= 4 is 23.3 Å². The van der Waals surface area contributed by atoms with Crippen molar-refractivity contribution in [2.75, 3.05) is 14.2 Å². The summed E-state index contributed by atoms with van der Waals surface area (Å²) in [6.45, 7) is 0. The number of hydrogen-bond donors (Lipinski definition) is 1. The molecule has 3 rings (SSSR count). The molecule has 2 aromatic carbocycles. The Morgan fingerprint density at radius 3 is 2.40 bits per heavy atom. The number of hydrogen-bond acceptors (Lipinski definition) is 3. The van der Waals surface area contributed by atoms with Gasteiger partial charge in [-0.15, -0.1) is 0 Å².